The summed E-state index contributed by atoms with van der Waals surface area (Å²) in [5.41, 5.74) is 1.70. The number of nitrogens with zero attached hydrogens (tertiary/aromatic N) is 1. The number of halogens is 1. The molecule has 0 aliphatic carbocycles. The van der Waals surface area contributed by atoms with Crippen LogP contribution in [0.15, 0.2) is 52.1 Å². The Morgan fingerprint density at radius 2 is 2.07 bits per heavy atom. The van der Waals surface area contributed by atoms with Gasteiger partial charge in [-0.3, -0.25) is 4.79 Å². The van der Waals surface area contributed by atoms with E-state index in [1.165, 1.54) is 6.26 Å². The number of aliphatic imine (C=N–C) groups is 1. The van der Waals surface area contributed by atoms with Crippen LogP contribution in [0.3, 0.4) is 0 Å². The number of carbonyl (C=O) groups excluding carboxylic acids is 1. The average Bonchev–Trinajstić information content (AvgIpc) is 3.18. The first kappa shape index (κ1) is 23.0. The summed E-state index contributed by atoms with van der Waals surface area (Å²) >= 11 is 0. The van der Waals surface area contributed by atoms with E-state index in [0.29, 0.717) is 18.8 Å². The van der Waals surface area contributed by atoms with Crippen LogP contribution in [-0.2, 0) is 11.3 Å². The number of rotatable bonds is 9. The molecule has 0 bridgehead atoms. The van der Waals surface area contributed by atoms with E-state index in [2.05, 4.69) is 20.9 Å². The summed E-state index contributed by atoms with van der Waals surface area (Å²) in [6.45, 7) is 4.82. The first-order chi connectivity index (χ1) is 12.7. The summed E-state index contributed by atoms with van der Waals surface area (Å²) in [7, 11) is 1.69. The molecule has 0 aliphatic rings. The summed E-state index contributed by atoms with van der Waals surface area (Å²) in [5.74, 6) is 0.764. The third kappa shape index (κ3) is 8.44. The molecule has 1 heterocycles. The molecule has 148 valence electrons. The number of furan rings is 1. The molecule has 0 radical (unpaired) electrons. The highest BCUT2D eigenvalue weighted by atomic mass is 127. The number of benzene rings is 1. The van der Waals surface area contributed by atoms with Crippen LogP contribution in [0.25, 0.3) is 0 Å². The lowest BCUT2D eigenvalue weighted by Crippen LogP contribution is -2.38. The fraction of sp³-hybridized carbons (Fsp3) is 0.368. The van der Waals surface area contributed by atoms with E-state index >= 15 is 0 Å². The van der Waals surface area contributed by atoms with E-state index in [1.54, 1.807) is 19.2 Å². The molecule has 0 spiro atoms. The maximum atomic E-state index is 12.0. The van der Waals surface area contributed by atoms with Gasteiger partial charge in [-0.15, -0.1) is 24.0 Å². The summed E-state index contributed by atoms with van der Waals surface area (Å²) in [6.07, 6.45) is 2.39. The SMILES string of the molecule is CCNC(=NCc1cccc(NC(=O)c2ccco2)c1)NCCCOC.I. The van der Waals surface area contributed by atoms with Gasteiger partial charge in [0.2, 0.25) is 0 Å². The van der Waals surface area contributed by atoms with E-state index < -0.39 is 0 Å². The molecule has 0 saturated carbocycles. The Balaban J connectivity index is 0.00000364. The maximum absolute atomic E-state index is 12.0. The van der Waals surface area contributed by atoms with Gasteiger partial charge >= 0.3 is 0 Å². The maximum Gasteiger partial charge on any atom is 0.291 e. The summed E-state index contributed by atoms with van der Waals surface area (Å²) in [6, 6.07) is 10.9. The third-order valence-corrected chi connectivity index (χ3v) is 3.51. The van der Waals surface area contributed by atoms with Crippen molar-refractivity contribution in [3.8, 4) is 0 Å². The zero-order chi connectivity index (χ0) is 18.6. The molecule has 7 nitrogen and oxygen atoms in total. The lowest BCUT2D eigenvalue weighted by atomic mass is 10.2. The van der Waals surface area contributed by atoms with E-state index in [9.17, 15) is 4.79 Å². The Bertz CT molecular complexity index is 705. The number of carbonyl (C=O) groups is 1. The number of anilines is 1. The third-order valence-electron chi connectivity index (χ3n) is 3.51. The highest BCUT2D eigenvalue weighted by Gasteiger charge is 2.08. The van der Waals surface area contributed by atoms with Crippen molar-refractivity contribution in [2.45, 2.75) is 19.9 Å². The normalized spacial score (nSPS) is 10.8. The summed E-state index contributed by atoms with van der Waals surface area (Å²) in [5, 5.41) is 9.30. The first-order valence-electron chi connectivity index (χ1n) is 8.68. The Morgan fingerprint density at radius 3 is 2.78 bits per heavy atom. The van der Waals surface area contributed by atoms with Gasteiger partial charge in [0.1, 0.15) is 0 Å². The monoisotopic (exact) mass is 486 g/mol. The van der Waals surface area contributed by atoms with Crippen LogP contribution in [0.2, 0.25) is 0 Å². The van der Waals surface area contributed by atoms with Gasteiger partial charge in [0, 0.05) is 32.5 Å². The minimum absolute atomic E-state index is 0. The van der Waals surface area contributed by atoms with Crippen LogP contribution in [0.1, 0.15) is 29.5 Å². The van der Waals surface area contributed by atoms with Gasteiger partial charge in [-0.25, -0.2) is 4.99 Å². The van der Waals surface area contributed by atoms with Crippen molar-refractivity contribution in [1.82, 2.24) is 10.6 Å². The molecule has 0 atom stereocenters. The van der Waals surface area contributed by atoms with Crippen molar-refractivity contribution in [3.05, 3.63) is 54.0 Å². The van der Waals surface area contributed by atoms with Crippen LogP contribution in [-0.4, -0.2) is 38.7 Å². The van der Waals surface area contributed by atoms with Crippen molar-refractivity contribution in [2.24, 2.45) is 4.99 Å². The predicted molar refractivity (Wildman–Crippen MR) is 118 cm³/mol. The number of hydrogen-bond acceptors (Lipinski definition) is 4. The fourth-order valence-corrected chi connectivity index (χ4v) is 2.28. The molecule has 0 aliphatic heterocycles. The number of amides is 1. The van der Waals surface area contributed by atoms with Gasteiger partial charge in [-0.1, -0.05) is 12.1 Å². The summed E-state index contributed by atoms with van der Waals surface area (Å²) < 4.78 is 10.1. The second-order valence-corrected chi connectivity index (χ2v) is 5.60. The van der Waals surface area contributed by atoms with Gasteiger partial charge < -0.3 is 25.1 Å². The number of guanidine groups is 1. The van der Waals surface area contributed by atoms with E-state index in [-0.39, 0.29) is 35.6 Å². The number of nitrogens with one attached hydrogen (secondary N) is 3. The average molecular weight is 486 g/mol. The largest absolute Gasteiger partial charge is 0.459 e. The summed E-state index contributed by atoms with van der Waals surface area (Å²) in [4.78, 5) is 16.6. The zero-order valence-electron chi connectivity index (χ0n) is 15.7. The van der Waals surface area contributed by atoms with Crippen LogP contribution in [0.4, 0.5) is 5.69 Å². The van der Waals surface area contributed by atoms with Gasteiger partial charge in [-0.05, 0) is 43.2 Å². The van der Waals surface area contributed by atoms with Crippen LogP contribution in [0.5, 0.6) is 0 Å². The van der Waals surface area contributed by atoms with Crippen molar-refractivity contribution in [1.29, 1.82) is 0 Å². The molecule has 1 amide bonds. The molecular weight excluding hydrogens is 459 g/mol. The molecule has 27 heavy (non-hydrogen) atoms. The van der Waals surface area contributed by atoms with Crippen LogP contribution < -0.4 is 16.0 Å². The molecule has 8 heteroatoms. The molecule has 0 saturated heterocycles. The highest BCUT2D eigenvalue weighted by molar-refractivity contribution is 14.0. The van der Waals surface area contributed by atoms with Gasteiger partial charge in [0.15, 0.2) is 11.7 Å². The van der Waals surface area contributed by atoms with Gasteiger partial charge in [0.25, 0.3) is 5.91 Å². The Labute approximate surface area is 177 Å². The Kier molecular flexibility index (Phi) is 11.2. The lowest BCUT2D eigenvalue weighted by molar-refractivity contribution is 0.0996. The quantitative estimate of drug-likeness (QED) is 0.219. The topological polar surface area (TPSA) is 87.9 Å². The van der Waals surface area contributed by atoms with E-state index in [0.717, 1.165) is 31.0 Å². The second-order valence-electron chi connectivity index (χ2n) is 5.60. The molecule has 0 unspecified atom stereocenters. The highest BCUT2D eigenvalue weighted by Crippen LogP contribution is 2.13. The lowest BCUT2D eigenvalue weighted by Gasteiger charge is -2.11. The van der Waals surface area contributed by atoms with Crippen LogP contribution in [0, 0.1) is 0 Å². The van der Waals surface area contributed by atoms with Gasteiger partial charge in [0.05, 0.1) is 12.8 Å². The van der Waals surface area contributed by atoms with E-state index in [1.807, 2.05) is 31.2 Å². The van der Waals surface area contributed by atoms with E-state index in [4.69, 9.17) is 9.15 Å². The van der Waals surface area contributed by atoms with Crippen LogP contribution >= 0.6 is 24.0 Å². The smallest absolute Gasteiger partial charge is 0.291 e. The minimum atomic E-state index is -0.274. The number of ether oxygens (including phenoxy) is 1. The van der Waals surface area contributed by atoms with Crippen molar-refractivity contribution in [2.75, 3.05) is 32.1 Å². The number of methoxy groups -OCH3 is 1. The molecule has 2 aromatic rings. The molecular formula is C19H27IN4O3. The first-order valence-corrected chi connectivity index (χ1v) is 8.68. The van der Waals surface area contributed by atoms with Crippen molar-refractivity contribution >= 4 is 41.5 Å². The number of hydrogen-bond donors (Lipinski definition) is 3. The second kappa shape index (κ2) is 13.2. The van der Waals surface area contributed by atoms with Crippen molar-refractivity contribution < 1.29 is 13.9 Å². The fourth-order valence-electron chi connectivity index (χ4n) is 2.28. The molecule has 0 fully saturated rings. The Hall–Kier alpha value is -2.07. The molecule has 1 aromatic carbocycles. The van der Waals surface area contributed by atoms with Crippen molar-refractivity contribution in [3.63, 3.8) is 0 Å². The molecule has 1 aromatic heterocycles. The zero-order valence-corrected chi connectivity index (χ0v) is 18.0. The predicted octanol–water partition coefficient (Wildman–Crippen LogP) is 3.24. The minimum Gasteiger partial charge on any atom is -0.459 e. The van der Waals surface area contributed by atoms with Gasteiger partial charge in [-0.2, -0.15) is 0 Å². The molecule has 2 rings (SSSR count). The molecule has 3 N–H and O–H groups in total. The Morgan fingerprint density at radius 1 is 1.22 bits per heavy atom. The standard InChI is InChI=1S/C19H26N4O3.HI/c1-3-20-19(21-10-6-11-25-2)22-14-15-7-4-8-16(13-15)23-18(24)17-9-5-12-26-17;/h4-5,7-9,12-13H,3,6,10-11,14H2,1-2H3,(H,23,24)(H2,20,21,22);1H.